The molecule has 0 aliphatic carbocycles. The maximum Gasteiger partial charge on any atom is 0.410 e. The van der Waals surface area contributed by atoms with Gasteiger partial charge in [-0.25, -0.2) is 9.78 Å². The number of piperazine rings is 1. The number of amides is 1. The minimum atomic E-state index is -0.482. The quantitative estimate of drug-likeness (QED) is 0.527. The summed E-state index contributed by atoms with van der Waals surface area (Å²) in [6.45, 7) is 11.9. The highest BCUT2D eigenvalue weighted by atomic mass is 35.5. The molecular formula is C25H33ClN6O3. The van der Waals surface area contributed by atoms with Gasteiger partial charge in [0.25, 0.3) is 0 Å². The van der Waals surface area contributed by atoms with Crippen molar-refractivity contribution in [1.29, 1.82) is 0 Å². The van der Waals surface area contributed by atoms with Gasteiger partial charge in [-0.2, -0.15) is 4.98 Å². The van der Waals surface area contributed by atoms with Crippen molar-refractivity contribution in [2.75, 3.05) is 39.0 Å². The predicted molar refractivity (Wildman–Crippen MR) is 137 cm³/mol. The molecule has 9 nitrogen and oxygen atoms in total. The van der Waals surface area contributed by atoms with Crippen LogP contribution in [0.3, 0.4) is 0 Å². The molecule has 2 N–H and O–H groups in total. The van der Waals surface area contributed by atoms with Crippen LogP contribution in [0.4, 0.5) is 10.7 Å². The van der Waals surface area contributed by atoms with Crippen molar-refractivity contribution in [3.63, 3.8) is 0 Å². The number of methoxy groups -OCH3 is 1. The fourth-order valence-electron chi connectivity index (χ4n) is 4.33. The predicted octanol–water partition coefficient (Wildman–Crippen LogP) is 4.08. The number of nitrogens with zero attached hydrogens (tertiary/aromatic N) is 5. The van der Waals surface area contributed by atoms with Gasteiger partial charge < -0.3 is 24.7 Å². The Bertz CT molecular complexity index is 1230. The molecule has 1 fully saturated rings. The number of benzene rings is 1. The third-order valence-electron chi connectivity index (χ3n) is 6.04. The zero-order valence-corrected chi connectivity index (χ0v) is 21.7. The van der Waals surface area contributed by atoms with Crippen molar-refractivity contribution in [3.05, 3.63) is 46.2 Å². The van der Waals surface area contributed by atoms with E-state index < -0.39 is 5.60 Å². The molecule has 1 aliphatic heterocycles. The van der Waals surface area contributed by atoms with Crippen molar-refractivity contribution in [3.8, 4) is 5.75 Å². The smallest absolute Gasteiger partial charge is 0.410 e. The Morgan fingerprint density at radius 2 is 1.83 bits per heavy atom. The Morgan fingerprint density at radius 1 is 1.11 bits per heavy atom. The van der Waals surface area contributed by atoms with Crippen LogP contribution in [0.15, 0.2) is 24.3 Å². The van der Waals surface area contributed by atoms with Crippen LogP contribution in [-0.4, -0.2) is 69.3 Å². The van der Waals surface area contributed by atoms with E-state index in [9.17, 15) is 4.79 Å². The van der Waals surface area contributed by atoms with E-state index in [2.05, 4.69) is 37.6 Å². The van der Waals surface area contributed by atoms with E-state index in [0.717, 1.165) is 53.2 Å². The topological polar surface area (TPSA) is 98.7 Å². The Labute approximate surface area is 210 Å². The van der Waals surface area contributed by atoms with Crippen LogP contribution in [0.25, 0.3) is 11.0 Å². The summed E-state index contributed by atoms with van der Waals surface area (Å²) >= 11 is 6.39. The fraction of sp³-hybridized carbons (Fsp3) is 0.480. The molecule has 3 heterocycles. The fourth-order valence-corrected chi connectivity index (χ4v) is 4.61. The van der Waals surface area contributed by atoms with E-state index in [4.69, 9.17) is 26.8 Å². The summed E-state index contributed by atoms with van der Waals surface area (Å²) in [5.74, 6) is 0.970. The van der Waals surface area contributed by atoms with Gasteiger partial charge >= 0.3 is 6.09 Å². The number of carbonyl (C=O) groups is 1. The number of hydrogen-bond acceptors (Lipinski definition) is 7. The molecule has 188 valence electrons. The minimum Gasteiger partial charge on any atom is -0.496 e. The number of hydrogen-bond donors (Lipinski definition) is 1. The van der Waals surface area contributed by atoms with Crippen molar-refractivity contribution in [1.82, 2.24) is 24.3 Å². The number of halogens is 1. The van der Waals surface area contributed by atoms with Crippen LogP contribution >= 0.6 is 11.6 Å². The van der Waals surface area contributed by atoms with Gasteiger partial charge in [0.2, 0.25) is 5.95 Å². The van der Waals surface area contributed by atoms with Gasteiger partial charge in [-0.05, 0) is 45.4 Å². The minimum absolute atomic E-state index is 0.161. The van der Waals surface area contributed by atoms with Gasteiger partial charge in [-0.3, -0.25) is 4.90 Å². The zero-order chi connectivity index (χ0) is 25.3. The van der Waals surface area contributed by atoms with Gasteiger partial charge in [0.05, 0.1) is 19.2 Å². The van der Waals surface area contributed by atoms with Crippen LogP contribution in [0.1, 0.15) is 37.6 Å². The van der Waals surface area contributed by atoms with Gasteiger partial charge in [0.1, 0.15) is 16.9 Å². The molecule has 1 saturated heterocycles. The summed E-state index contributed by atoms with van der Waals surface area (Å²) in [6.07, 6.45) is -0.246. The second-order valence-electron chi connectivity index (χ2n) is 9.87. The number of fused-ring (bicyclic) bond motifs is 1. The number of aromatic nitrogens is 3. The van der Waals surface area contributed by atoms with Gasteiger partial charge in [-0.1, -0.05) is 23.7 Å². The summed E-state index contributed by atoms with van der Waals surface area (Å²) < 4.78 is 13.3. The molecule has 4 rings (SSSR count). The van der Waals surface area contributed by atoms with E-state index in [1.54, 1.807) is 12.0 Å². The Hall–Kier alpha value is -3.04. The van der Waals surface area contributed by atoms with Gasteiger partial charge in [0, 0.05) is 44.0 Å². The molecule has 0 unspecified atom stereocenters. The SMILES string of the molecule is COc1cc(CN2CCN(C(=O)OC(C)(C)C)CC2)ccc1Cn1c(C)cc2nc(N)nc(Cl)c21. The number of rotatable bonds is 5. The maximum atomic E-state index is 12.3. The van der Waals surface area contributed by atoms with Crippen LogP contribution in [0, 0.1) is 6.92 Å². The third kappa shape index (κ3) is 5.79. The number of nitrogens with two attached hydrogens (primary N) is 1. The first kappa shape index (κ1) is 25.1. The monoisotopic (exact) mass is 500 g/mol. The van der Waals surface area contributed by atoms with Crippen molar-refractivity contribution < 1.29 is 14.3 Å². The molecule has 10 heteroatoms. The van der Waals surface area contributed by atoms with Gasteiger partial charge in [0.15, 0.2) is 5.15 Å². The molecule has 3 aromatic rings. The molecule has 35 heavy (non-hydrogen) atoms. The first-order valence-corrected chi connectivity index (χ1v) is 12.1. The summed E-state index contributed by atoms with van der Waals surface area (Å²) in [6, 6.07) is 8.24. The Balaban J connectivity index is 1.44. The molecule has 0 spiro atoms. The largest absolute Gasteiger partial charge is 0.496 e. The van der Waals surface area contributed by atoms with E-state index in [1.165, 1.54) is 0 Å². The average molecular weight is 501 g/mol. The van der Waals surface area contributed by atoms with Crippen molar-refractivity contribution >= 4 is 34.7 Å². The molecular weight excluding hydrogens is 468 g/mol. The summed E-state index contributed by atoms with van der Waals surface area (Å²) in [5, 5.41) is 0.335. The molecule has 2 aromatic heterocycles. The van der Waals surface area contributed by atoms with Crippen molar-refractivity contribution in [2.45, 2.75) is 46.4 Å². The lowest BCUT2D eigenvalue weighted by atomic mass is 10.1. The molecule has 0 saturated carbocycles. The lowest BCUT2D eigenvalue weighted by Gasteiger charge is -2.35. The molecule has 1 amide bonds. The molecule has 0 atom stereocenters. The highest BCUT2D eigenvalue weighted by Crippen LogP contribution is 2.29. The van der Waals surface area contributed by atoms with E-state index in [-0.39, 0.29) is 12.0 Å². The zero-order valence-electron chi connectivity index (χ0n) is 21.0. The van der Waals surface area contributed by atoms with Crippen LogP contribution < -0.4 is 10.5 Å². The Kier molecular flexibility index (Phi) is 7.10. The number of nitrogen functional groups attached to an aromatic ring is 1. The number of ether oxygens (including phenoxy) is 2. The van der Waals surface area contributed by atoms with Crippen LogP contribution in [-0.2, 0) is 17.8 Å². The van der Waals surface area contributed by atoms with Gasteiger partial charge in [-0.15, -0.1) is 0 Å². The van der Waals surface area contributed by atoms with E-state index >= 15 is 0 Å². The van der Waals surface area contributed by atoms with E-state index in [0.29, 0.717) is 24.8 Å². The first-order chi connectivity index (χ1) is 16.5. The molecule has 1 aromatic carbocycles. The summed E-state index contributed by atoms with van der Waals surface area (Å²) in [5.41, 5.74) is 9.94. The van der Waals surface area contributed by atoms with Crippen LogP contribution in [0.2, 0.25) is 5.15 Å². The second-order valence-corrected chi connectivity index (χ2v) is 10.2. The lowest BCUT2D eigenvalue weighted by Crippen LogP contribution is -2.49. The lowest BCUT2D eigenvalue weighted by molar-refractivity contribution is 0.0139. The Morgan fingerprint density at radius 3 is 2.49 bits per heavy atom. The number of anilines is 1. The normalized spacial score (nSPS) is 15.0. The number of carbonyl (C=O) groups excluding carboxylic acids is 1. The molecule has 0 bridgehead atoms. The number of aryl methyl sites for hydroxylation is 1. The third-order valence-corrected chi connectivity index (χ3v) is 6.30. The van der Waals surface area contributed by atoms with Crippen molar-refractivity contribution in [2.24, 2.45) is 0 Å². The van der Waals surface area contributed by atoms with Crippen LogP contribution in [0.5, 0.6) is 5.75 Å². The highest BCUT2D eigenvalue weighted by Gasteiger charge is 2.26. The standard InChI is InChI=1S/C25H33ClN6O3/c1-16-12-19-21(22(26)29-23(27)28-19)32(16)15-18-7-6-17(13-20(18)34-5)14-30-8-10-31(11-9-30)24(33)35-25(2,3)4/h6-7,12-13H,8-11,14-15H2,1-5H3,(H2,27,28,29). The molecule has 0 radical (unpaired) electrons. The maximum absolute atomic E-state index is 12.3. The molecule has 1 aliphatic rings. The first-order valence-electron chi connectivity index (χ1n) is 11.7. The summed E-state index contributed by atoms with van der Waals surface area (Å²) in [7, 11) is 1.68. The second kappa shape index (κ2) is 9.91. The van der Waals surface area contributed by atoms with E-state index in [1.807, 2.05) is 33.8 Å². The average Bonchev–Trinajstić information content (AvgIpc) is 3.08. The highest BCUT2D eigenvalue weighted by molar-refractivity contribution is 6.33. The summed E-state index contributed by atoms with van der Waals surface area (Å²) in [4.78, 5) is 24.8.